The molecule has 0 aromatic carbocycles. The van der Waals surface area contributed by atoms with Crippen LogP contribution in [0.25, 0.3) is 0 Å². The van der Waals surface area contributed by atoms with Gasteiger partial charge in [-0.05, 0) is 38.0 Å². The van der Waals surface area contributed by atoms with Crippen LogP contribution < -0.4 is 5.32 Å². The molecule has 3 nitrogen and oxygen atoms in total. The van der Waals surface area contributed by atoms with Crippen LogP contribution >= 0.6 is 15.9 Å². The molecule has 1 saturated carbocycles. The van der Waals surface area contributed by atoms with Gasteiger partial charge in [0.05, 0.1) is 6.10 Å². The standard InChI is InChI=1S/C11H20BrNO2/c12-6-2-1-3-11(15)13-8-9-4-5-10(14)7-9/h9-10,14H,1-8H2,(H,13,15). The highest BCUT2D eigenvalue weighted by molar-refractivity contribution is 9.09. The van der Waals surface area contributed by atoms with E-state index >= 15 is 0 Å². The van der Waals surface area contributed by atoms with Crippen molar-refractivity contribution in [3.63, 3.8) is 0 Å². The molecule has 1 aliphatic rings. The number of carbonyl (C=O) groups excluding carboxylic acids is 1. The van der Waals surface area contributed by atoms with Gasteiger partial charge in [-0.3, -0.25) is 4.79 Å². The molecule has 2 unspecified atom stereocenters. The first-order valence-electron chi connectivity index (χ1n) is 5.73. The second kappa shape index (κ2) is 7.23. The van der Waals surface area contributed by atoms with Gasteiger partial charge in [0.25, 0.3) is 0 Å². The molecular weight excluding hydrogens is 258 g/mol. The summed E-state index contributed by atoms with van der Waals surface area (Å²) >= 11 is 3.34. The Bertz CT molecular complexity index is 199. The third-order valence-electron chi connectivity index (χ3n) is 2.89. The molecule has 1 fully saturated rings. The largest absolute Gasteiger partial charge is 0.393 e. The van der Waals surface area contributed by atoms with E-state index in [-0.39, 0.29) is 12.0 Å². The Hall–Kier alpha value is -0.0900. The number of rotatable bonds is 6. The number of carbonyl (C=O) groups is 1. The Morgan fingerprint density at radius 2 is 2.20 bits per heavy atom. The lowest BCUT2D eigenvalue weighted by molar-refractivity contribution is -0.121. The summed E-state index contributed by atoms with van der Waals surface area (Å²) < 4.78 is 0. The van der Waals surface area contributed by atoms with E-state index in [9.17, 15) is 9.90 Å². The number of halogens is 1. The molecule has 0 heterocycles. The average molecular weight is 278 g/mol. The zero-order valence-electron chi connectivity index (χ0n) is 9.04. The smallest absolute Gasteiger partial charge is 0.220 e. The molecule has 0 spiro atoms. The zero-order chi connectivity index (χ0) is 11.1. The second-order valence-corrected chi connectivity index (χ2v) is 5.08. The van der Waals surface area contributed by atoms with Crippen molar-refractivity contribution in [1.82, 2.24) is 5.32 Å². The summed E-state index contributed by atoms with van der Waals surface area (Å²) in [4.78, 5) is 11.4. The predicted molar refractivity (Wildman–Crippen MR) is 64.0 cm³/mol. The fourth-order valence-corrected chi connectivity index (χ4v) is 2.36. The van der Waals surface area contributed by atoms with Gasteiger partial charge in [-0.1, -0.05) is 15.9 Å². The minimum Gasteiger partial charge on any atom is -0.393 e. The van der Waals surface area contributed by atoms with Crippen LogP contribution in [0, 0.1) is 5.92 Å². The van der Waals surface area contributed by atoms with Crippen molar-refractivity contribution < 1.29 is 9.90 Å². The number of nitrogens with one attached hydrogen (secondary N) is 1. The van der Waals surface area contributed by atoms with Gasteiger partial charge in [-0.2, -0.15) is 0 Å². The van der Waals surface area contributed by atoms with Gasteiger partial charge in [0.2, 0.25) is 5.91 Å². The lowest BCUT2D eigenvalue weighted by Crippen LogP contribution is -2.28. The lowest BCUT2D eigenvalue weighted by atomic mass is 10.1. The molecule has 4 heteroatoms. The average Bonchev–Trinajstić information content (AvgIpc) is 2.62. The number of hydrogen-bond acceptors (Lipinski definition) is 2. The van der Waals surface area contributed by atoms with Crippen molar-refractivity contribution in [2.75, 3.05) is 11.9 Å². The first kappa shape index (κ1) is 13.0. The minimum absolute atomic E-state index is 0.139. The zero-order valence-corrected chi connectivity index (χ0v) is 10.6. The molecule has 1 rings (SSSR count). The van der Waals surface area contributed by atoms with Crippen molar-refractivity contribution >= 4 is 21.8 Å². The van der Waals surface area contributed by atoms with E-state index in [1.54, 1.807) is 0 Å². The number of amides is 1. The van der Waals surface area contributed by atoms with Gasteiger partial charge >= 0.3 is 0 Å². The van der Waals surface area contributed by atoms with E-state index in [1.807, 2.05) is 0 Å². The van der Waals surface area contributed by atoms with E-state index in [0.717, 1.165) is 44.0 Å². The molecule has 1 amide bonds. The Morgan fingerprint density at radius 1 is 1.40 bits per heavy atom. The van der Waals surface area contributed by atoms with Gasteiger partial charge in [-0.25, -0.2) is 0 Å². The molecule has 0 aromatic heterocycles. The van der Waals surface area contributed by atoms with Crippen LogP contribution in [-0.4, -0.2) is 29.0 Å². The van der Waals surface area contributed by atoms with Crippen LogP contribution in [0.2, 0.25) is 0 Å². The van der Waals surface area contributed by atoms with E-state index in [1.165, 1.54) is 0 Å². The van der Waals surface area contributed by atoms with Crippen molar-refractivity contribution in [1.29, 1.82) is 0 Å². The maximum atomic E-state index is 11.4. The van der Waals surface area contributed by atoms with E-state index in [0.29, 0.717) is 12.3 Å². The lowest BCUT2D eigenvalue weighted by Gasteiger charge is -2.10. The number of aliphatic hydroxyl groups excluding tert-OH is 1. The van der Waals surface area contributed by atoms with Crippen molar-refractivity contribution in [3.05, 3.63) is 0 Å². The first-order chi connectivity index (χ1) is 7.22. The summed E-state index contributed by atoms with van der Waals surface area (Å²) in [7, 11) is 0. The molecule has 0 aliphatic heterocycles. The fourth-order valence-electron chi connectivity index (χ4n) is 1.96. The maximum Gasteiger partial charge on any atom is 0.220 e. The highest BCUT2D eigenvalue weighted by atomic mass is 79.9. The van der Waals surface area contributed by atoms with Crippen LogP contribution in [0.4, 0.5) is 0 Å². The molecule has 88 valence electrons. The third-order valence-corrected chi connectivity index (χ3v) is 3.45. The molecule has 1 aliphatic carbocycles. The van der Waals surface area contributed by atoms with Crippen molar-refractivity contribution in [2.24, 2.45) is 5.92 Å². The molecule has 15 heavy (non-hydrogen) atoms. The Balaban J connectivity index is 2.01. The minimum atomic E-state index is -0.139. The monoisotopic (exact) mass is 277 g/mol. The highest BCUT2D eigenvalue weighted by Gasteiger charge is 2.22. The molecule has 0 aromatic rings. The van der Waals surface area contributed by atoms with Gasteiger partial charge in [0.1, 0.15) is 0 Å². The number of aliphatic hydroxyl groups is 1. The summed E-state index contributed by atoms with van der Waals surface area (Å²) in [5.74, 6) is 0.637. The Morgan fingerprint density at radius 3 is 2.80 bits per heavy atom. The van der Waals surface area contributed by atoms with Gasteiger partial charge in [0.15, 0.2) is 0 Å². The number of hydrogen-bond donors (Lipinski definition) is 2. The summed E-state index contributed by atoms with van der Waals surface area (Å²) in [6.45, 7) is 0.740. The normalized spacial score (nSPS) is 25.5. The predicted octanol–water partition coefficient (Wildman–Crippen LogP) is 1.83. The van der Waals surface area contributed by atoms with Crippen LogP contribution in [0.1, 0.15) is 38.5 Å². The van der Waals surface area contributed by atoms with E-state index in [2.05, 4.69) is 21.2 Å². The Labute approximate surface area is 99.8 Å². The van der Waals surface area contributed by atoms with Crippen LogP contribution in [-0.2, 0) is 4.79 Å². The topological polar surface area (TPSA) is 49.3 Å². The number of alkyl halides is 1. The fraction of sp³-hybridized carbons (Fsp3) is 0.909. The van der Waals surface area contributed by atoms with Crippen LogP contribution in [0.5, 0.6) is 0 Å². The third kappa shape index (κ3) is 5.52. The van der Waals surface area contributed by atoms with Gasteiger partial charge in [-0.15, -0.1) is 0 Å². The summed E-state index contributed by atoms with van der Waals surface area (Å²) in [5.41, 5.74) is 0. The summed E-state index contributed by atoms with van der Waals surface area (Å²) in [6.07, 6.45) is 5.27. The molecule has 2 atom stereocenters. The van der Waals surface area contributed by atoms with Crippen LogP contribution in [0.15, 0.2) is 0 Å². The van der Waals surface area contributed by atoms with Gasteiger partial charge in [0, 0.05) is 18.3 Å². The molecule has 0 radical (unpaired) electrons. The first-order valence-corrected chi connectivity index (χ1v) is 6.85. The Kier molecular flexibility index (Phi) is 6.25. The van der Waals surface area contributed by atoms with Crippen molar-refractivity contribution in [2.45, 2.75) is 44.6 Å². The van der Waals surface area contributed by atoms with Crippen LogP contribution in [0.3, 0.4) is 0 Å². The quantitative estimate of drug-likeness (QED) is 0.575. The van der Waals surface area contributed by atoms with Crippen molar-refractivity contribution in [3.8, 4) is 0 Å². The second-order valence-electron chi connectivity index (χ2n) is 4.28. The maximum absolute atomic E-state index is 11.4. The summed E-state index contributed by atoms with van der Waals surface area (Å²) in [6, 6.07) is 0. The molecule has 0 bridgehead atoms. The molecule has 2 N–H and O–H groups in total. The van der Waals surface area contributed by atoms with E-state index in [4.69, 9.17) is 0 Å². The highest BCUT2D eigenvalue weighted by Crippen LogP contribution is 2.24. The molecule has 0 saturated heterocycles. The van der Waals surface area contributed by atoms with Gasteiger partial charge < -0.3 is 10.4 Å². The number of unbranched alkanes of at least 4 members (excludes halogenated alkanes) is 1. The summed E-state index contributed by atoms with van der Waals surface area (Å²) in [5, 5.41) is 13.2. The van der Waals surface area contributed by atoms with E-state index < -0.39 is 0 Å². The SMILES string of the molecule is O=C(CCCCBr)NCC1CCC(O)C1. The molecular formula is C11H20BrNO2.